The molecule has 27 heavy (non-hydrogen) atoms. The molecule has 0 saturated heterocycles. The lowest BCUT2D eigenvalue weighted by Crippen LogP contribution is -2.15. The fourth-order valence-electron chi connectivity index (χ4n) is 3.41. The first kappa shape index (κ1) is 18.0. The Kier molecular flexibility index (Phi) is 5.10. The summed E-state index contributed by atoms with van der Waals surface area (Å²) in [6.45, 7) is 0. The number of carbonyl (C=O) groups is 1. The number of nitrogens with one attached hydrogen (secondary N) is 1. The van der Waals surface area contributed by atoms with E-state index in [1.807, 2.05) is 18.2 Å². The van der Waals surface area contributed by atoms with E-state index in [1.165, 1.54) is 0 Å². The Hall–Kier alpha value is -2.43. The van der Waals surface area contributed by atoms with E-state index < -0.39 is 0 Å². The van der Waals surface area contributed by atoms with Gasteiger partial charge in [-0.2, -0.15) is 0 Å². The predicted octanol–water partition coefficient (Wildman–Crippen LogP) is 5.58. The Balaban J connectivity index is 1.71. The minimum absolute atomic E-state index is 0.216. The fourth-order valence-corrected chi connectivity index (χ4v) is 3.71. The van der Waals surface area contributed by atoms with Crippen LogP contribution in [0, 0.1) is 0 Å². The number of anilines is 1. The van der Waals surface area contributed by atoms with Crippen molar-refractivity contribution in [2.24, 2.45) is 0 Å². The number of aromatic nitrogens is 2. The minimum Gasteiger partial charge on any atom is -0.322 e. The number of hydrogen-bond acceptors (Lipinski definition) is 3. The Morgan fingerprint density at radius 1 is 0.963 bits per heavy atom. The molecule has 1 aliphatic carbocycles. The van der Waals surface area contributed by atoms with Crippen LogP contribution < -0.4 is 5.32 Å². The van der Waals surface area contributed by atoms with Crippen molar-refractivity contribution in [3.63, 3.8) is 0 Å². The summed E-state index contributed by atoms with van der Waals surface area (Å²) in [6, 6.07) is 12.5. The van der Waals surface area contributed by atoms with E-state index in [1.54, 1.807) is 30.6 Å². The van der Waals surface area contributed by atoms with E-state index in [9.17, 15) is 4.79 Å². The van der Waals surface area contributed by atoms with Crippen molar-refractivity contribution in [1.29, 1.82) is 0 Å². The van der Waals surface area contributed by atoms with Crippen molar-refractivity contribution in [1.82, 2.24) is 9.97 Å². The van der Waals surface area contributed by atoms with E-state index in [-0.39, 0.29) is 5.91 Å². The van der Waals surface area contributed by atoms with Gasteiger partial charge in [-0.1, -0.05) is 41.4 Å². The first-order valence-corrected chi connectivity index (χ1v) is 9.57. The predicted molar refractivity (Wildman–Crippen MR) is 109 cm³/mol. The summed E-state index contributed by atoms with van der Waals surface area (Å²) in [6.07, 6.45) is 5.75. The second kappa shape index (κ2) is 7.67. The summed E-state index contributed by atoms with van der Waals surface area (Å²) in [4.78, 5) is 21.9. The van der Waals surface area contributed by atoms with Gasteiger partial charge in [-0.05, 0) is 49.9 Å². The number of nitrogens with zero attached hydrogens (tertiary/aromatic N) is 2. The SMILES string of the molecule is O=C(Nc1ccc(Cl)c(Cl)c1)c1ccccc1-c1ncnc2c1CCCC2. The van der Waals surface area contributed by atoms with Gasteiger partial charge in [0.05, 0.1) is 15.7 Å². The van der Waals surface area contributed by atoms with Gasteiger partial charge in [0.15, 0.2) is 0 Å². The van der Waals surface area contributed by atoms with Crippen LogP contribution in [0.15, 0.2) is 48.8 Å². The van der Waals surface area contributed by atoms with Crippen LogP contribution in [-0.4, -0.2) is 15.9 Å². The molecular formula is C21H17Cl2N3O. The van der Waals surface area contributed by atoms with Gasteiger partial charge in [0, 0.05) is 28.1 Å². The van der Waals surface area contributed by atoms with Crippen molar-refractivity contribution < 1.29 is 4.79 Å². The maximum Gasteiger partial charge on any atom is 0.256 e. The molecule has 136 valence electrons. The largest absolute Gasteiger partial charge is 0.322 e. The molecule has 0 aliphatic heterocycles. The molecule has 1 aliphatic rings. The van der Waals surface area contributed by atoms with Crippen LogP contribution in [0.1, 0.15) is 34.5 Å². The van der Waals surface area contributed by atoms with Crippen molar-refractivity contribution in [2.75, 3.05) is 5.32 Å². The van der Waals surface area contributed by atoms with Gasteiger partial charge in [-0.25, -0.2) is 9.97 Å². The van der Waals surface area contributed by atoms with Crippen LogP contribution in [0.2, 0.25) is 10.0 Å². The lowest BCUT2D eigenvalue weighted by atomic mass is 9.91. The van der Waals surface area contributed by atoms with Crippen molar-refractivity contribution in [2.45, 2.75) is 25.7 Å². The average Bonchev–Trinajstić information content (AvgIpc) is 2.70. The molecule has 0 radical (unpaired) electrons. The lowest BCUT2D eigenvalue weighted by molar-refractivity contribution is 0.102. The van der Waals surface area contributed by atoms with Crippen molar-refractivity contribution in [3.05, 3.63) is 75.7 Å². The molecule has 0 atom stereocenters. The monoisotopic (exact) mass is 397 g/mol. The first-order valence-electron chi connectivity index (χ1n) is 8.82. The van der Waals surface area contributed by atoms with Gasteiger partial charge < -0.3 is 5.32 Å². The topological polar surface area (TPSA) is 54.9 Å². The lowest BCUT2D eigenvalue weighted by Gasteiger charge is -2.18. The number of carbonyl (C=O) groups excluding carboxylic acids is 1. The summed E-state index contributed by atoms with van der Waals surface area (Å²) in [5, 5.41) is 3.73. The number of amides is 1. The van der Waals surface area contributed by atoms with Gasteiger partial charge in [0.1, 0.15) is 6.33 Å². The molecule has 3 aromatic rings. The molecule has 0 spiro atoms. The van der Waals surface area contributed by atoms with Crippen LogP contribution in [0.5, 0.6) is 0 Å². The number of rotatable bonds is 3. The van der Waals surface area contributed by atoms with Gasteiger partial charge in [0.25, 0.3) is 5.91 Å². The van der Waals surface area contributed by atoms with Crippen LogP contribution >= 0.6 is 23.2 Å². The zero-order valence-electron chi connectivity index (χ0n) is 14.5. The molecule has 0 saturated carbocycles. The van der Waals surface area contributed by atoms with E-state index in [0.717, 1.165) is 48.2 Å². The number of hydrogen-bond donors (Lipinski definition) is 1. The minimum atomic E-state index is -0.216. The van der Waals surface area contributed by atoms with Crippen LogP contribution in [-0.2, 0) is 12.8 Å². The van der Waals surface area contributed by atoms with E-state index in [2.05, 4.69) is 15.3 Å². The smallest absolute Gasteiger partial charge is 0.256 e. The van der Waals surface area contributed by atoms with Crippen LogP contribution in [0.4, 0.5) is 5.69 Å². The molecule has 6 heteroatoms. The van der Waals surface area contributed by atoms with Crippen LogP contribution in [0.25, 0.3) is 11.3 Å². The molecule has 0 fully saturated rings. The maximum atomic E-state index is 12.9. The molecule has 2 aromatic carbocycles. The van der Waals surface area contributed by atoms with Gasteiger partial charge in [0.2, 0.25) is 0 Å². The summed E-state index contributed by atoms with van der Waals surface area (Å²) in [5.74, 6) is -0.216. The van der Waals surface area contributed by atoms with Gasteiger partial charge in [-0.3, -0.25) is 4.79 Å². The summed E-state index contributed by atoms with van der Waals surface area (Å²) in [7, 11) is 0. The molecule has 0 bridgehead atoms. The number of benzene rings is 2. The van der Waals surface area contributed by atoms with Gasteiger partial charge >= 0.3 is 0 Å². The van der Waals surface area contributed by atoms with E-state index >= 15 is 0 Å². The Labute approximate surface area is 167 Å². The number of fused-ring (bicyclic) bond motifs is 1. The Morgan fingerprint density at radius 2 is 1.78 bits per heavy atom. The zero-order chi connectivity index (χ0) is 18.8. The highest BCUT2D eigenvalue weighted by atomic mass is 35.5. The molecule has 4 rings (SSSR count). The molecule has 0 unspecified atom stereocenters. The van der Waals surface area contributed by atoms with Crippen molar-refractivity contribution >= 4 is 34.8 Å². The fraction of sp³-hybridized carbons (Fsp3) is 0.190. The van der Waals surface area contributed by atoms with E-state index in [0.29, 0.717) is 21.3 Å². The number of halogens is 2. The molecule has 1 heterocycles. The normalized spacial score (nSPS) is 13.1. The molecule has 1 amide bonds. The van der Waals surface area contributed by atoms with Crippen LogP contribution in [0.3, 0.4) is 0 Å². The molecule has 1 aromatic heterocycles. The van der Waals surface area contributed by atoms with Gasteiger partial charge in [-0.15, -0.1) is 0 Å². The highest BCUT2D eigenvalue weighted by molar-refractivity contribution is 6.42. The highest BCUT2D eigenvalue weighted by Crippen LogP contribution is 2.31. The average molecular weight is 398 g/mol. The summed E-state index contributed by atoms with van der Waals surface area (Å²) in [5.41, 5.74) is 5.06. The first-order chi connectivity index (χ1) is 13.1. The second-order valence-corrected chi connectivity index (χ2v) is 7.30. The quantitative estimate of drug-likeness (QED) is 0.627. The maximum absolute atomic E-state index is 12.9. The third kappa shape index (κ3) is 3.68. The summed E-state index contributed by atoms with van der Waals surface area (Å²) < 4.78 is 0. The third-order valence-corrected chi connectivity index (χ3v) is 5.47. The third-order valence-electron chi connectivity index (χ3n) is 4.73. The second-order valence-electron chi connectivity index (χ2n) is 6.48. The zero-order valence-corrected chi connectivity index (χ0v) is 16.0. The standard InChI is InChI=1S/C21H17Cl2N3O/c22-17-10-9-13(11-18(17)23)26-21(27)15-6-2-1-5-14(15)20-16-7-3-4-8-19(16)24-12-25-20/h1-2,5-6,9-12H,3-4,7-8H2,(H,26,27). The van der Waals surface area contributed by atoms with Crippen molar-refractivity contribution in [3.8, 4) is 11.3 Å². The Bertz CT molecular complexity index is 1020. The van der Waals surface area contributed by atoms with E-state index in [4.69, 9.17) is 23.2 Å². The molecule has 1 N–H and O–H groups in total. The summed E-state index contributed by atoms with van der Waals surface area (Å²) >= 11 is 12.0. The highest BCUT2D eigenvalue weighted by Gasteiger charge is 2.20. The molecular weight excluding hydrogens is 381 g/mol. The molecule has 4 nitrogen and oxygen atoms in total. The Morgan fingerprint density at radius 3 is 2.63 bits per heavy atom. The number of aryl methyl sites for hydroxylation is 1.